The van der Waals surface area contributed by atoms with Crippen molar-refractivity contribution in [3.05, 3.63) is 59.4 Å². The van der Waals surface area contributed by atoms with E-state index in [1.807, 2.05) is 11.0 Å². The van der Waals surface area contributed by atoms with Gasteiger partial charge >= 0.3 is 6.03 Å². The largest absolute Gasteiger partial charge is 0.323 e. The molecular weight excluding hydrogens is 324 g/mol. The van der Waals surface area contributed by atoms with E-state index in [2.05, 4.69) is 46.5 Å². The fraction of sp³-hybridized carbons (Fsp3) is 0.333. The van der Waals surface area contributed by atoms with Gasteiger partial charge in [0, 0.05) is 31.9 Å². The fourth-order valence-corrected chi connectivity index (χ4v) is 3.13. The summed E-state index contributed by atoms with van der Waals surface area (Å²) < 4.78 is 0. The molecule has 0 radical (unpaired) electrons. The molecule has 2 amide bonds. The van der Waals surface area contributed by atoms with Gasteiger partial charge in [0.05, 0.1) is 5.69 Å². The van der Waals surface area contributed by atoms with Gasteiger partial charge in [0.1, 0.15) is 0 Å². The molecule has 2 aromatic rings. The molecular formula is C18H21ClN4O. The van der Waals surface area contributed by atoms with E-state index >= 15 is 0 Å². The summed E-state index contributed by atoms with van der Waals surface area (Å²) in [5, 5.41) is 3.14. The number of nitrogens with one attached hydrogen (secondary N) is 1. The second kappa shape index (κ2) is 7.64. The lowest BCUT2D eigenvalue weighted by atomic mass is 10.1. The maximum absolute atomic E-state index is 12.4. The number of amides is 2. The van der Waals surface area contributed by atoms with E-state index in [1.54, 1.807) is 18.3 Å². The summed E-state index contributed by atoms with van der Waals surface area (Å²) in [6, 6.07) is 14.1. The summed E-state index contributed by atoms with van der Waals surface area (Å²) >= 11 is 5.99. The van der Waals surface area contributed by atoms with Crippen molar-refractivity contribution < 1.29 is 4.79 Å². The first-order chi connectivity index (χ1) is 11.6. The molecule has 1 saturated heterocycles. The molecule has 126 valence electrons. The van der Waals surface area contributed by atoms with E-state index < -0.39 is 0 Å². The van der Waals surface area contributed by atoms with Crippen molar-refractivity contribution >= 4 is 23.3 Å². The van der Waals surface area contributed by atoms with E-state index in [0.717, 1.165) is 19.5 Å². The Balaban J connectivity index is 1.55. The van der Waals surface area contributed by atoms with Crippen LogP contribution in [0.2, 0.25) is 5.15 Å². The molecule has 0 bridgehead atoms. The highest BCUT2D eigenvalue weighted by atomic mass is 35.5. The second-order valence-electron chi connectivity index (χ2n) is 6.06. The number of likely N-dealkylation sites (tertiary alicyclic amines) is 1. The molecule has 5 nitrogen and oxygen atoms in total. The topological polar surface area (TPSA) is 48.5 Å². The van der Waals surface area contributed by atoms with Crippen molar-refractivity contribution in [1.82, 2.24) is 14.8 Å². The van der Waals surface area contributed by atoms with Crippen LogP contribution in [0.4, 0.5) is 10.5 Å². The third-order valence-electron chi connectivity index (χ3n) is 4.35. The highest BCUT2D eigenvalue weighted by Gasteiger charge is 2.29. The molecule has 6 heteroatoms. The molecule has 1 aromatic carbocycles. The van der Waals surface area contributed by atoms with Gasteiger partial charge in [0.2, 0.25) is 0 Å². The summed E-state index contributed by atoms with van der Waals surface area (Å²) in [5.74, 6) is 0. The van der Waals surface area contributed by atoms with Gasteiger partial charge in [-0.05, 0) is 31.2 Å². The van der Waals surface area contributed by atoms with Crippen molar-refractivity contribution in [1.29, 1.82) is 0 Å². The number of hydrogen-bond acceptors (Lipinski definition) is 3. The molecule has 0 saturated carbocycles. The molecule has 24 heavy (non-hydrogen) atoms. The lowest BCUT2D eigenvalue weighted by molar-refractivity contribution is 0.208. The number of hydrogen-bond donors (Lipinski definition) is 1. The van der Waals surface area contributed by atoms with Crippen LogP contribution in [0, 0.1) is 0 Å². The number of carbonyl (C=O) groups excluding carboxylic acids is 1. The monoisotopic (exact) mass is 344 g/mol. The minimum absolute atomic E-state index is 0.125. The van der Waals surface area contributed by atoms with Crippen LogP contribution in [0.1, 0.15) is 12.0 Å². The standard InChI is InChI=1S/C18H21ClN4O/c1-22(12-14-6-3-2-4-7-14)15-9-11-23(13-15)18(24)21-16-8-5-10-20-17(16)19/h2-8,10,15H,9,11-13H2,1H3,(H,21,24). The average molecular weight is 345 g/mol. The lowest BCUT2D eigenvalue weighted by Gasteiger charge is -2.25. The summed E-state index contributed by atoms with van der Waals surface area (Å²) in [4.78, 5) is 20.5. The molecule has 1 atom stereocenters. The van der Waals surface area contributed by atoms with Crippen molar-refractivity contribution in [3.63, 3.8) is 0 Å². The van der Waals surface area contributed by atoms with Crippen LogP contribution in [-0.4, -0.2) is 47.0 Å². The van der Waals surface area contributed by atoms with Crippen molar-refractivity contribution in [3.8, 4) is 0 Å². The molecule has 1 unspecified atom stereocenters. The zero-order valence-electron chi connectivity index (χ0n) is 13.7. The van der Waals surface area contributed by atoms with Gasteiger partial charge in [0.25, 0.3) is 0 Å². The number of halogens is 1. The van der Waals surface area contributed by atoms with Crippen LogP contribution in [0.3, 0.4) is 0 Å². The SMILES string of the molecule is CN(Cc1ccccc1)C1CCN(C(=O)Nc2cccnc2Cl)C1. The third kappa shape index (κ3) is 4.04. The van der Waals surface area contributed by atoms with Crippen LogP contribution < -0.4 is 5.32 Å². The average Bonchev–Trinajstić information content (AvgIpc) is 3.08. The highest BCUT2D eigenvalue weighted by Crippen LogP contribution is 2.21. The molecule has 1 fully saturated rings. The van der Waals surface area contributed by atoms with Crippen molar-refractivity contribution in [2.75, 3.05) is 25.5 Å². The van der Waals surface area contributed by atoms with E-state index in [9.17, 15) is 4.79 Å². The van der Waals surface area contributed by atoms with E-state index in [0.29, 0.717) is 23.4 Å². The number of nitrogens with zero attached hydrogens (tertiary/aromatic N) is 3. The number of anilines is 1. The van der Waals surface area contributed by atoms with Gasteiger partial charge in [0.15, 0.2) is 5.15 Å². The molecule has 1 aromatic heterocycles. The Labute approximate surface area is 147 Å². The Hall–Kier alpha value is -2.11. The summed E-state index contributed by atoms with van der Waals surface area (Å²) in [6.45, 7) is 2.34. The van der Waals surface area contributed by atoms with Crippen LogP contribution in [0.5, 0.6) is 0 Å². The first kappa shape index (κ1) is 16.7. The smallest absolute Gasteiger partial charge is 0.321 e. The maximum atomic E-state index is 12.4. The Bertz CT molecular complexity index is 694. The number of rotatable bonds is 4. The number of benzene rings is 1. The number of urea groups is 1. The first-order valence-corrected chi connectivity index (χ1v) is 8.42. The molecule has 2 heterocycles. The van der Waals surface area contributed by atoms with Crippen molar-refractivity contribution in [2.24, 2.45) is 0 Å². The summed E-state index contributed by atoms with van der Waals surface area (Å²) in [5.41, 5.74) is 1.83. The lowest BCUT2D eigenvalue weighted by Crippen LogP contribution is -2.38. The maximum Gasteiger partial charge on any atom is 0.321 e. The minimum atomic E-state index is -0.125. The molecule has 1 aliphatic rings. The van der Waals surface area contributed by atoms with Crippen LogP contribution in [-0.2, 0) is 6.54 Å². The van der Waals surface area contributed by atoms with Gasteiger partial charge in [-0.2, -0.15) is 0 Å². The van der Waals surface area contributed by atoms with Crippen molar-refractivity contribution in [2.45, 2.75) is 19.0 Å². The molecule has 0 spiro atoms. The molecule has 1 aliphatic heterocycles. The summed E-state index contributed by atoms with van der Waals surface area (Å²) in [7, 11) is 2.11. The fourth-order valence-electron chi connectivity index (χ4n) is 2.96. The Kier molecular flexibility index (Phi) is 5.33. The normalized spacial score (nSPS) is 17.3. The number of pyridine rings is 1. The minimum Gasteiger partial charge on any atom is -0.323 e. The highest BCUT2D eigenvalue weighted by molar-refractivity contribution is 6.32. The van der Waals surface area contributed by atoms with E-state index in [4.69, 9.17) is 11.6 Å². The quantitative estimate of drug-likeness (QED) is 0.864. The molecule has 3 rings (SSSR count). The zero-order chi connectivity index (χ0) is 16.9. The van der Waals surface area contributed by atoms with E-state index in [1.165, 1.54) is 5.56 Å². The Morgan fingerprint density at radius 1 is 1.33 bits per heavy atom. The van der Waals surface area contributed by atoms with Gasteiger partial charge < -0.3 is 10.2 Å². The second-order valence-corrected chi connectivity index (χ2v) is 6.42. The third-order valence-corrected chi connectivity index (χ3v) is 4.65. The first-order valence-electron chi connectivity index (χ1n) is 8.04. The molecule has 1 N–H and O–H groups in total. The van der Waals surface area contributed by atoms with Gasteiger partial charge in [-0.3, -0.25) is 4.90 Å². The zero-order valence-corrected chi connectivity index (χ0v) is 14.4. The Morgan fingerprint density at radius 2 is 2.12 bits per heavy atom. The van der Waals surface area contributed by atoms with Crippen LogP contribution >= 0.6 is 11.6 Å². The number of carbonyl (C=O) groups is 1. The summed E-state index contributed by atoms with van der Waals surface area (Å²) in [6.07, 6.45) is 2.57. The van der Waals surface area contributed by atoms with Gasteiger partial charge in [-0.25, -0.2) is 9.78 Å². The van der Waals surface area contributed by atoms with Gasteiger partial charge in [-0.15, -0.1) is 0 Å². The Morgan fingerprint density at radius 3 is 2.88 bits per heavy atom. The van der Waals surface area contributed by atoms with Crippen LogP contribution in [0.25, 0.3) is 0 Å². The van der Waals surface area contributed by atoms with Gasteiger partial charge in [-0.1, -0.05) is 41.9 Å². The van der Waals surface area contributed by atoms with E-state index in [-0.39, 0.29) is 6.03 Å². The number of aromatic nitrogens is 1. The predicted octanol–water partition coefficient (Wildman–Crippen LogP) is 3.47. The molecule has 0 aliphatic carbocycles. The number of likely N-dealkylation sites (N-methyl/N-ethyl adjacent to an activating group) is 1. The predicted molar refractivity (Wildman–Crippen MR) is 96.2 cm³/mol. The van der Waals surface area contributed by atoms with Crippen LogP contribution in [0.15, 0.2) is 48.7 Å².